The van der Waals surface area contributed by atoms with E-state index in [0.717, 1.165) is 5.56 Å². The highest BCUT2D eigenvalue weighted by molar-refractivity contribution is 6.31. The number of halogens is 1. The molecule has 1 aromatic rings. The molecular weight excluding hydrogens is 174 g/mol. The maximum atomic E-state index is 10.2. The van der Waals surface area contributed by atoms with Gasteiger partial charge in [0.2, 0.25) is 0 Å². The summed E-state index contributed by atoms with van der Waals surface area (Å²) in [5.41, 5.74) is 0.935. The van der Waals surface area contributed by atoms with Crippen LogP contribution in [0.3, 0.4) is 0 Å². The molecule has 0 unspecified atom stereocenters. The topological polar surface area (TPSA) is 20.3 Å². The van der Waals surface area contributed by atoms with Crippen LogP contribution in [0, 0.1) is 0 Å². The summed E-state index contributed by atoms with van der Waals surface area (Å²) < 4.78 is 0. The van der Waals surface area contributed by atoms with E-state index in [1.54, 1.807) is 19.5 Å². The molecule has 0 saturated heterocycles. The molecule has 63 valence electrons. The first-order valence-corrected chi connectivity index (χ1v) is 3.94. The van der Waals surface area contributed by atoms with Crippen LogP contribution in [0.2, 0.25) is 5.02 Å². The van der Waals surface area contributed by atoms with Gasteiger partial charge in [-0.25, -0.2) is 0 Å². The molecule has 1 aromatic carbocycles. The van der Waals surface area contributed by atoms with Gasteiger partial charge in [0.25, 0.3) is 0 Å². The molecule has 2 nitrogen and oxygen atoms in total. The minimum absolute atomic E-state index is 0.503. The van der Waals surface area contributed by atoms with Gasteiger partial charge >= 0.3 is 6.41 Å². The van der Waals surface area contributed by atoms with E-state index in [-0.39, 0.29) is 0 Å². The average molecular weight is 183 g/mol. The Morgan fingerprint density at radius 2 is 2.17 bits per heavy atom. The SMILES string of the molecule is CN([C]=O)Cc1ccccc1Cl. The van der Waals surface area contributed by atoms with Gasteiger partial charge in [-0.3, -0.25) is 4.79 Å². The van der Waals surface area contributed by atoms with Gasteiger partial charge in [0.1, 0.15) is 0 Å². The molecule has 12 heavy (non-hydrogen) atoms. The second-order valence-electron chi connectivity index (χ2n) is 2.54. The smallest absolute Gasteiger partial charge is 0.312 e. The number of carbonyl (C=O) groups excluding carboxylic acids is 1. The van der Waals surface area contributed by atoms with Gasteiger partial charge in [-0.1, -0.05) is 29.8 Å². The summed E-state index contributed by atoms with van der Waals surface area (Å²) in [5, 5.41) is 0.680. The van der Waals surface area contributed by atoms with Crippen LogP contribution in [0.25, 0.3) is 0 Å². The number of amides is 1. The molecular formula is C9H9ClNO. The molecule has 0 heterocycles. The van der Waals surface area contributed by atoms with Gasteiger partial charge in [0, 0.05) is 18.6 Å². The van der Waals surface area contributed by atoms with Crippen molar-refractivity contribution in [3.8, 4) is 0 Å². The third-order valence-corrected chi connectivity index (χ3v) is 1.89. The molecule has 0 aliphatic rings. The van der Waals surface area contributed by atoms with Crippen molar-refractivity contribution in [1.82, 2.24) is 4.90 Å². The Bertz CT molecular complexity index is 275. The molecule has 0 fully saturated rings. The summed E-state index contributed by atoms with van der Waals surface area (Å²) in [4.78, 5) is 11.6. The maximum absolute atomic E-state index is 10.2. The van der Waals surface area contributed by atoms with Crippen LogP contribution in [-0.4, -0.2) is 18.4 Å². The van der Waals surface area contributed by atoms with Crippen LogP contribution in [0.15, 0.2) is 24.3 Å². The minimum atomic E-state index is 0.503. The van der Waals surface area contributed by atoms with Crippen molar-refractivity contribution in [2.75, 3.05) is 7.05 Å². The second-order valence-corrected chi connectivity index (χ2v) is 2.95. The van der Waals surface area contributed by atoms with E-state index in [0.29, 0.717) is 11.6 Å². The molecule has 1 rings (SSSR count). The number of rotatable bonds is 3. The van der Waals surface area contributed by atoms with Crippen LogP contribution in [0.5, 0.6) is 0 Å². The van der Waals surface area contributed by atoms with Gasteiger partial charge in [-0.15, -0.1) is 0 Å². The fourth-order valence-corrected chi connectivity index (χ4v) is 1.11. The lowest BCUT2D eigenvalue weighted by Gasteiger charge is -2.09. The summed E-state index contributed by atoms with van der Waals surface area (Å²) >= 11 is 5.87. The number of benzene rings is 1. The average Bonchev–Trinajstić information content (AvgIpc) is 2.09. The molecule has 1 radical (unpaired) electrons. The van der Waals surface area contributed by atoms with Crippen molar-refractivity contribution in [3.05, 3.63) is 34.9 Å². The number of hydrogen-bond donors (Lipinski definition) is 0. The third-order valence-electron chi connectivity index (χ3n) is 1.52. The van der Waals surface area contributed by atoms with Crippen molar-refractivity contribution < 1.29 is 4.79 Å². The lowest BCUT2D eigenvalue weighted by Crippen LogP contribution is -2.14. The van der Waals surface area contributed by atoms with Crippen LogP contribution < -0.4 is 0 Å². The standard InChI is InChI=1S/C9H9ClNO/c1-11(7-12)6-8-4-2-3-5-9(8)10/h2-5H,6H2,1H3. The van der Waals surface area contributed by atoms with Crippen molar-refractivity contribution >= 4 is 18.0 Å². The fourth-order valence-electron chi connectivity index (χ4n) is 0.914. The molecule has 0 atom stereocenters. The number of hydrogen-bond acceptors (Lipinski definition) is 1. The summed E-state index contributed by atoms with van der Waals surface area (Å²) in [6, 6.07) is 7.43. The Balaban J connectivity index is 2.75. The second kappa shape index (κ2) is 4.12. The minimum Gasteiger partial charge on any atom is -0.333 e. The lowest BCUT2D eigenvalue weighted by molar-refractivity contribution is 0.430. The Morgan fingerprint density at radius 1 is 1.50 bits per heavy atom. The highest BCUT2D eigenvalue weighted by Crippen LogP contribution is 2.15. The highest BCUT2D eigenvalue weighted by Gasteiger charge is 2.01. The van der Waals surface area contributed by atoms with Gasteiger partial charge in [-0.2, -0.15) is 0 Å². The predicted octanol–water partition coefficient (Wildman–Crippen LogP) is 1.84. The Labute approximate surface area is 76.8 Å². The highest BCUT2D eigenvalue weighted by atomic mass is 35.5. The molecule has 0 bridgehead atoms. The van der Waals surface area contributed by atoms with Crippen molar-refractivity contribution in [3.63, 3.8) is 0 Å². The van der Waals surface area contributed by atoms with Crippen molar-refractivity contribution in [1.29, 1.82) is 0 Å². The molecule has 1 amide bonds. The summed E-state index contributed by atoms with van der Waals surface area (Å²) in [5.74, 6) is 0. The molecule has 0 aliphatic carbocycles. The zero-order chi connectivity index (χ0) is 8.97. The molecule has 3 heteroatoms. The summed E-state index contributed by atoms with van der Waals surface area (Å²) in [6.45, 7) is 0.503. The van der Waals surface area contributed by atoms with E-state index in [1.807, 2.05) is 18.2 Å². The normalized spacial score (nSPS) is 9.50. The predicted molar refractivity (Wildman–Crippen MR) is 48.6 cm³/mol. The zero-order valence-electron chi connectivity index (χ0n) is 6.75. The molecule has 0 aliphatic heterocycles. The van der Waals surface area contributed by atoms with Crippen molar-refractivity contribution in [2.24, 2.45) is 0 Å². The number of nitrogens with zero attached hydrogens (tertiary/aromatic N) is 1. The lowest BCUT2D eigenvalue weighted by atomic mass is 10.2. The molecule has 0 spiro atoms. The van der Waals surface area contributed by atoms with Crippen LogP contribution in [0.1, 0.15) is 5.56 Å². The Kier molecular flexibility index (Phi) is 3.11. The van der Waals surface area contributed by atoms with Gasteiger partial charge in [-0.05, 0) is 11.6 Å². The first-order chi connectivity index (χ1) is 5.74. The van der Waals surface area contributed by atoms with Crippen LogP contribution >= 0.6 is 11.6 Å². The van der Waals surface area contributed by atoms with Gasteiger partial charge in [0.15, 0.2) is 0 Å². The van der Waals surface area contributed by atoms with Crippen LogP contribution in [0.4, 0.5) is 0 Å². The largest absolute Gasteiger partial charge is 0.333 e. The van der Waals surface area contributed by atoms with E-state index < -0.39 is 0 Å². The van der Waals surface area contributed by atoms with Gasteiger partial charge < -0.3 is 4.90 Å². The first kappa shape index (κ1) is 9.07. The van der Waals surface area contributed by atoms with E-state index >= 15 is 0 Å². The summed E-state index contributed by atoms with van der Waals surface area (Å²) in [7, 11) is 1.66. The van der Waals surface area contributed by atoms with Crippen LogP contribution in [-0.2, 0) is 11.3 Å². The van der Waals surface area contributed by atoms with Gasteiger partial charge in [0.05, 0.1) is 0 Å². The zero-order valence-corrected chi connectivity index (χ0v) is 7.51. The monoisotopic (exact) mass is 182 g/mol. The fraction of sp³-hybridized carbons (Fsp3) is 0.222. The summed E-state index contributed by atoms with van der Waals surface area (Å²) in [6.07, 6.45) is 1.77. The maximum Gasteiger partial charge on any atom is 0.312 e. The Hall–Kier alpha value is -1.02. The van der Waals surface area contributed by atoms with E-state index in [4.69, 9.17) is 11.6 Å². The molecule has 0 saturated carbocycles. The molecule has 0 aromatic heterocycles. The quantitative estimate of drug-likeness (QED) is 0.654. The molecule has 0 N–H and O–H groups in total. The van der Waals surface area contributed by atoms with E-state index in [1.165, 1.54) is 4.90 Å². The Morgan fingerprint density at radius 3 is 2.75 bits per heavy atom. The van der Waals surface area contributed by atoms with E-state index in [2.05, 4.69) is 0 Å². The first-order valence-electron chi connectivity index (χ1n) is 3.56. The van der Waals surface area contributed by atoms with Crippen molar-refractivity contribution in [2.45, 2.75) is 6.54 Å². The third kappa shape index (κ3) is 2.24. The van der Waals surface area contributed by atoms with E-state index in [9.17, 15) is 4.79 Å².